The largest absolute Gasteiger partial charge is 0.456 e. The summed E-state index contributed by atoms with van der Waals surface area (Å²) in [6, 6.07) is 72.5. The van der Waals surface area contributed by atoms with Crippen LogP contribution in [0.3, 0.4) is 0 Å². The molecule has 0 aliphatic rings. The van der Waals surface area contributed by atoms with E-state index in [2.05, 4.69) is 202 Å². The first kappa shape index (κ1) is 31.4. The molecule has 0 atom stereocenters. The summed E-state index contributed by atoms with van der Waals surface area (Å²) in [5.41, 5.74) is 14.7. The van der Waals surface area contributed by atoms with E-state index < -0.39 is 0 Å². The van der Waals surface area contributed by atoms with Crippen molar-refractivity contribution in [2.75, 3.05) is 4.90 Å². The van der Waals surface area contributed by atoms with E-state index in [1.54, 1.807) is 0 Å². The molecule has 4 aromatic heterocycles. The fraction of sp³-hybridized carbons (Fsp3) is 0. The number of benzene rings is 9. The van der Waals surface area contributed by atoms with E-state index in [0.29, 0.717) is 0 Å². The predicted molar refractivity (Wildman–Crippen MR) is 243 cm³/mol. The van der Waals surface area contributed by atoms with Crippen LogP contribution in [0, 0.1) is 0 Å². The lowest BCUT2D eigenvalue weighted by Gasteiger charge is -2.27. The van der Waals surface area contributed by atoms with Gasteiger partial charge in [0.05, 0.1) is 33.3 Å². The Hall–Kier alpha value is -7.82. The summed E-state index contributed by atoms with van der Waals surface area (Å²) in [5.74, 6) is 0. The van der Waals surface area contributed by atoms with Crippen LogP contribution in [-0.2, 0) is 0 Å². The minimum Gasteiger partial charge on any atom is -0.456 e. The van der Waals surface area contributed by atoms with Crippen LogP contribution in [0.5, 0.6) is 0 Å². The highest BCUT2D eigenvalue weighted by Gasteiger charge is 2.24. The monoisotopic (exact) mass is 739 g/mol. The average molecular weight is 740 g/mol. The van der Waals surface area contributed by atoms with Crippen molar-refractivity contribution < 1.29 is 4.42 Å². The molecule has 4 heterocycles. The number of hydrogen-bond acceptors (Lipinski definition) is 2. The highest BCUT2D eigenvalue weighted by Crippen LogP contribution is 2.48. The van der Waals surface area contributed by atoms with Crippen LogP contribution >= 0.6 is 0 Å². The number of rotatable bonds is 5. The summed E-state index contributed by atoms with van der Waals surface area (Å²) in [5, 5.41) is 9.73. The third kappa shape index (κ3) is 4.34. The molecule has 0 fully saturated rings. The summed E-state index contributed by atoms with van der Waals surface area (Å²) in [6.07, 6.45) is 0. The fourth-order valence-corrected chi connectivity index (χ4v) is 9.72. The molecule has 0 aliphatic heterocycles. The zero-order valence-corrected chi connectivity index (χ0v) is 31.3. The Kier molecular flexibility index (Phi) is 6.41. The zero-order chi connectivity index (χ0) is 37.9. The average Bonchev–Trinajstić information content (AvgIpc) is 4.03. The van der Waals surface area contributed by atoms with Crippen LogP contribution in [0.15, 0.2) is 205 Å². The summed E-state index contributed by atoms with van der Waals surface area (Å²) >= 11 is 0. The molecule has 13 rings (SSSR count). The van der Waals surface area contributed by atoms with Crippen molar-refractivity contribution in [1.29, 1.82) is 0 Å². The third-order valence-corrected chi connectivity index (χ3v) is 12.2. The van der Waals surface area contributed by atoms with Gasteiger partial charge in [-0.1, -0.05) is 121 Å². The fourth-order valence-electron chi connectivity index (χ4n) is 9.72. The molecule has 0 N–H and O–H groups in total. The predicted octanol–water partition coefficient (Wildman–Crippen LogP) is 15.0. The van der Waals surface area contributed by atoms with Crippen molar-refractivity contribution >= 4 is 98.9 Å². The van der Waals surface area contributed by atoms with E-state index in [4.69, 9.17) is 4.42 Å². The van der Waals surface area contributed by atoms with Gasteiger partial charge in [0.25, 0.3) is 0 Å². The van der Waals surface area contributed by atoms with Crippen LogP contribution in [-0.4, -0.2) is 8.97 Å². The van der Waals surface area contributed by atoms with Gasteiger partial charge in [-0.15, -0.1) is 0 Å². The van der Waals surface area contributed by atoms with E-state index in [0.717, 1.165) is 50.3 Å². The quantitative estimate of drug-likeness (QED) is 0.176. The van der Waals surface area contributed by atoms with E-state index >= 15 is 0 Å². The Morgan fingerprint density at radius 3 is 1.76 bits per heavy atom. The number of fused-ring (bicyclic) bond motifs is 12. The molecule has 58 heavy (non-hydrogen) atoms. The van der Waals surface area contributed by atoms with Crippen LogP contribution < -0.4 is 4.90 Å². The lowest BCUT2D eigenvalue weighted by atomic mass is 10.0. The first-order valence-electron chi connectivity index (χ1n) is 19.8. The highest BCUT2D eigenvalue weighted by molar-refractivity contribution is 6.27. The maximum atomic E-state index is 6.32. The molecule has 0 bridgehead atoms. The molecule has 4 heteroatoms. The van der Waals surface area contributed by atoms with Gasteiger partial charge in [-0.3, -0.25) is 0 Å². The van der Waals surface area contributed by atoms with Crippen molar-refractivity contribution in [1.82, 2.24) is 8.97 Å². The van der Waals surface area contributed by atoms with Gasteiger partial charge in [0.2, 0.25) is 0 Å². The second-order valence-corrected chi connectivity index (χ2v) is 15.3. The zero-order valence-electron chi connectivity index (χ0n) is 31.3. The molecule has 9 aromatic carbocycles. The third-order valence-electron chi connectivity index (χ3n) is 12.2. The second kappa shape index (κ2) is 11.8. The summed E-state index contributed by atoms with van der Waals surface area (Å²) < 4.78 is 11.2. The normalized spacial score (nSPS) is 12.1. The number of anilines is 3. The first-order chi connectivity index (χ1) is 28.8. The van der Waals surface area contributed by atoms with Crippen LogP contribution in [0.4, 0.5) is 17.1 Å². The molecular formula is C54H33N3O. The van der Waals surface area contributed by atoms with Crippen molar-refractivity contribution in [2.45, 2.75) is 0 Å². The van der Waals surface area contributed by atoms with E-state index in [1.807, 2.05) is 12.1 Å². The van der Waals surface area contributed by atoms with Gasteiger partial charge in [0.1, 0.15) is 11.2 Å². The molecule has 0 saturated carbocycles. The highest BCUT2D eigenvalue weighted by atomic mass is 16.3. The summed E-state index contributed by atoms with van der Waals surface area (Å²) in [6.45, 7) is 0. The van der Waals surface area contributed by atoms with Crippen molar-refractivity contribution in [3.63, 3.8) is 0 Å². The Morgan fingerprint density at radius 2 is 0.948 bits per heavy atom. The van der Waals surface area contributed by atoms with E-state index in [1.165, 1.54) is 65.5 Å². The first-order valence-corrected chi connectivity index (χ1v) is 19.8. The maximum Gasteiger partial charge on any atom is 0.135 e. The van der Waals surface area contributed by atoms with Crippen molar-refractivity contribution in [3.8, 4) is 16.8 Å². The summed E-state index contributed by atoms with van der Waals surface area (Å²) in [7, 11) is 0. The van der Waals surface area contributed by atoms with E-state index in [9.17, 15) is 0 Å². The van der Waals surface area contributed by atoms with Gasteiger partial charge >= 0.3 is 0 Å². The number of para-hydroxylation sites is 5. The van der Waals surface area contributed by atoms with Gasteiger partial charge in [0.15, 0.2) is 0 Å². The van der Waals surface area contributed by atoms with Crippen molar-refractivity contribution in [3.05, 3.63) is 200 Å². The lowest BCUT2D eigenvalue weighted by molar-refractivity contribution is 0.669. The molecule has 0 radical (unpaired) electrons. The number of aromatic nitrogens is 2. The molecule has 0 unspecified atom stereocenters. The van der Waals surface area contributed by atoms with Crippen molar-refractivity contribution in [2.24, 2.45) is 0 Å². The Balaban J connectivity index is 1.03. The lowest BCUT2D eigenvalue weighted by Crippen LogP contribution is -2.10. The van der Waals surface area contributed by atoms with E-state index in [-0.39, 0.29) is 0 Å². The molecule has 0 amide bonds. The number of furan rings is 1. The Morgan fingerprint density at radius 1 is 0.362 bits per heavy atom. The summed E-state index contributed by atoms with van der Waals surface area (Å²) in [4.78, 5) is 2.43. The second-order valence-electron chi connectivity index (χ2n) is 15.3. The van der Waals surface area contributed by atoms with Gasteiger partial charge in [0, 0.05) is 60.2 Å². The smallest absolute Gasteiger partial charge is 0.135 e. The molecule has 0 saturated heterocycles. The number of nitrogens with zero attached hydrogens (tertiary/aromatic N) is 3. The van der Waals surface area contributed by atoms with Crippen LogP contribution in [0.1, 0.15) is 0 Å². The number of hydrogen-bond donors (Lipinski definition) is 0. The molecule has 0 spiro atoms. The molecule has 270 valence electrons. The van der Waals surface area contributed by atoms with Crippen LogP contribution in [0.25, 0.3) is 98.7 Å². The van der Waals surface area contributed by atoms with Crippen LogP contribution in [0.2, 0.25) is 0 Å². The topological polar surface area (TPSA) is 25.7 Å². The minimum absolute atomic E-state index is 0.883. The minimum atomic E-state index is 0.883. The van der Waals surface area contributed by atoms with Gasteiger partial charge in [-0.25, -0.2) is 0 Å². The molecule has 4 nitrogen and oxygen atoms in total. The Bertz CT molecular complexity index is 3740. The Labute approximate surface area is 333 Å². The standard InChI is InChI=1S/C54H33N3O/c1-2-12-36(13-3-1)56-46-18-8-4-14-39(46)41-28-24-35(32-50(41)56)34-22-25-37(26-23-34)55(38-27-31-52-45(33-38)42-16-7-11-21-51(42)58-52)49-30-29-43-40-15-5-9-19-47(40)57-48-20-10-6-17-44(48)53(49)54(43)57/h1-33H. The molecular weight excluding hydrogens is 707 g/mol. The van der Waals surface area contributed by atoms with Gasteiger partial charge in [-0.2, -0.15) is 0 Å². The molecule has 0 aliphatic carbocycles. The van der Waals surface area contributed by atoms with Gasteiger partial charge in [-0.05, 0) is 90.0 Å². The molecule has 13 aromatic rings. The maximum absolute atomic E-state index is 6.32. The SMILES string of the molecule is c1ccc(-n2c3ccccc3c3ccc(-c4ccc(N(c5ccc6oc7ccccc7c6c5)c5ccc6c7ccccc7n7c8ccccc8c5c67)cc4)cc32)cc1. The van der Waals surface area contributed by atoms with Gasteiger partial charge < -0.3 is 18.3 Å².